The molecule has 2 aliphatic rings. The number of carbonyl (C=O) groups excluding carboxylic acids is 1. The predicted octanol–water partition coefficient (Wildman–Crippen LogP) is 3.44. The second-order valence-corrected chi connectivity index (χ2v) is 7.22. The van der Waals surface area contributed by atoms with E-state index in [9.17, 15) is 4.79 Å². The lowest BCUT2D eigenvalue weighted by Gasteiger charge is -2.28. The average molecular weight is 346 g/mol. The van der Waals surface area contributed by atoms with Crippen LogP contribution in [0.2, 0.25) is 0 Å². The van der Waals surface area contributed by atoms with Gasteiger partial charge >= 0.3 is 5.97 Å². The molecule has 0 aliphatic heterocycles. The van der Waals surface area contributed by atoms with Crippen molar-refractivity contribution in [3.8, 4) is 5.88 Å². The van der Waals surface area contributed by atoms with Crippen molar-refractivity contribution in [2.45, 2.75) is 63.9 Å². The third-order valence-electron chi connectivity index (χ3n) is 5.13. The van der Waals surface area contributed by atoms with Gasteiger partial charge in [-0.25, -0.2) is 4.98 Å². The van der Waals surface area contributed by atoms with Gasteiger partial charge in [0.15, 0.2) is 0 Å². The van der Waals surface area contributed by atoms with E-state index in [1.165, 1.54) is 18.4 Å². The van der Waals surface area contributed by atoms with E-state index in [1.807, 2.05) is 19.2 Å². The van der Waals surface area contributed by atoms with E-state index in [-0.39, 0.29) is 12.1 Å². The summed E-state index contributed by atoms with van der Waals surface area (Å²) in [7, 11) is 0. The van der Waals surface area contributed by atoms with Crippen LogP contribution in [-0.4, -0.2) is 36.8 Å². The highest BCUT2D eigenvalue weighted by molar-refractivity contribution is 5.69. The number of ether oxygens (including phenoxy) is 2. The number of hydrogen-bond donors (Lipinski definition) is 1. The van der Waals surface area contributed by atoms with Crippen LogP contribution in [0.25, 0.3) is 0 Å². The molecule has 1 N–H and O–H groups in total. The van der Waals surface area contributed by atoms with Crippen molar-refractivity contribution >= 4 is 5.97 Å². The lowest BCUT2D eigenvalue weighted by atomic mass is 9.87. The molecule has 0 unspecified atom stereocenters. The number of hydrogen-bond acceptors (Lipinski definition) is 5. The Morgan fingerprint density at radius 1 is 1.20 bits per heavy atom. The monoisotopic (exact) mass is 346 g/mol. The van der Waals surface area contributed by atoms with Crippen molar-refractivity contribution in [3.63, 3.8) is 0 Å². The van der Waals surface area contributed by atoms with Crippen LogP contribution >= 0.6 is 0 Å². The molecule has 25 heavy (non-hydrogen) atoms. The molecular formula is C20H30N2O3. The Morgan fingerprint density at radius 3 is 2.64 bits per heavy atom. The van der Waals surface area contributed by atoms with E-state index in [2.05, 4.69) is 16.4 Å². The maximum Gasteiger partial charge on any atom is 0.307 e. The largest absolute Gasteiger partial charge is 0.474 e. The minimum absolute atomic E-state index is 0.118. The number of pyridine rings is 1. The summed E-state index contributed by atoms with van der Waals surface area (Å²) in [5, 5.41) is 3.38. The number of nitrogens with zero attached hydrogens (tertiary/aromatic N) is 1. The molecule has 1 aromatic rings. The normalized spacial score (nSPS) is 23.2. The first-order chi connectivity index (χ1) is 12.2. The van der Waals surface area contributed by atoms with Crippen LogP contribution in [0, 0.1) is 5.92 Å². The molecule has 1 heterocycles. The second kappa shape index (κ2) is 9.18. The lowest BCUT2D eigenvalue weighted by Crippen LogP contribution is -2.31. The van der Waals surface area contributed by atoms with Crippen LogP contribution in [0.4, 0.5) is 0 Å². The molecular weight excluding hydrogens is 316 g/mol. The smallest absolute Gasteiger partial charge is 0.307 e. The summed E-state index contributed by atoms with van der Waals surface area (Å²) in [6, 6.07) is 4.19. The van der Waals surface area contributed by atoms with Gasteiger partial charge in [-0.3, -0.25) is 4.79 Å². The summed E-state index contributed by atoms with van der Waals surface area (Å²) >= 11 is 0. The Balaban J connectivity index is 1.29. The summed E-state index contributed by atoms with van der Waals surface area (Å²) in [5.41, 5.74) is 1.35. The van der Waals surface area contributed by atoms with Gasteiger partial charge in [-0.15, -0.1) is 0 Å². The van der Waals surface area contributed by atoms with Crippen molar-refractivity contribution < 1.29 is 14.3 Å². The maximum absolute atomic E-state index is 11.3. The van der Waals surface area contributed by atoms with Gasteiger partial charge in [-0.2, -0.15) is 0 Å². The van der Waals surface area contributed by atoms with E-state index < -0.39 is 0 Å². The number of aromatic nitrogens is 1. The fourth-order valence-electron chi connectivity index (χ4n) is 3.47. The predicted molar refractivity (Wildman–Crippen MR) is 96.7 cm³/mol. The molecule has 2 saturated carbocycles. The first-order valence-electron chi connectivity index (χ1n) is 9.73. The maximum atomic E-state index is 11.3. The van der Waals surface area contributed by atoms with Crippen molar-refractivity contribution in [2.75, 3.05) is 19.7 Å². The molecule has 138 valence electrons. The zero-order valence-corrected chi connectivity index (χ0v) is 15.2. The molecule has 0 atom stereocenters. The zero-order chi connectivity index (χ0) is 17.5. The summed E-state index contributed by atoms with van der Waals surface area (Å²) in [6.45, 7) is 3.97. The van der Waals surface area contributed by atoms with Crippen molar-refractivity contribution in [3.05, 3.63) is 23.9 Å². The van der Waals surface area contributed by atoms with Crippen LogP contribution in [-0.2, 0) is 9.53 Å². The van der Waals surface area contributed by atoms with Gasteiger partial charge in [0.1, 0.15) is 6.10 Å². The number of rotatable bonds is 9. The Labute approximate surface area is 150 Å². The Bertz CT molecular complexity index is 534. The van der Waals surface area contributed by atoms with Gasteiger partial charge in [-0.1, -0.05) is 6.07 Å². The summed E-state index contributed by atoms with van der Waals surface area (Å²) in [4.78, 5) is 15.8. The molecule has 0 amide bonds. The minimum atomic E-state index is -0.118. The Hall–Kier alpha value is -1.62. The molecule has 0 saturated heterocycles. The van der Waals surface area contributed by atoms with Crippen LogP contribution in [0.15, 0.2) is 18.3 Å². The third kappa shape index (κ3) is 5.99. The highest BCUT2D eigenvalue weighted by atomic mass is 16.5. The molecule has 0 radical (unpaired) electrons. The molecule has 0 spiro atoms. The molecule has 0 bridgehead atoms. The van der Waals surface area contributed by atoms with Gasteiger partial charge in [0.25, 0.3) is 0 Å². The third-order valence-corrected chi connectivity index (χ3v) is 5.13. The number of esters is 1. The molecule has 2 fully saturated rings. The highest BCUT2D eigenvalue weighted by Crippen LogP contribution is 2.40. The SMILES string of the molecule is CCOC(=O)CCNC[C@H]1CC[C@H](Oc2ccc(C3CC3)cn2)CC1. The Kier molecular flexibility index (Phi) is 6.68. The molecule has 3 rings (SSSR count). The average Bonchev–Trinajstić information content (AvgIpc) is 3.46. The van der Waals surface area contributed by atoms with E-state index in [0.717, 1.165) is 44.0 Å². The van der Waals surface area contributed by atoms with Crippen LogP contribution < -0.4 is 10.1 Å². The number of carbonyl (C=O) groups is 1. The summed E-state index contributed by atoms with van der Waals surface area (Å²) in [5.74, 6) is 2.06. The first kappa shape index (κ1) is 18.2. The van der Waals surface area contributed by atoms with Crippen molar-refractivity contribution in [2.24, 2.45) is 5.92 Å². The zero-order valence-electron chi connectivity index (χ0n) is 15.2. The topological polar surface area (TPSA) is 60.5 Å². The van der Waals surface area contributed by atoms with Crippen molar-refractivity contribution in [1.29, 1.82) is 0 Å². The van der Waals surface area contributed by atoms with Gasteiger partial charge in [0.05, 0.1) is 13.0 Å². The quantitative estimate of drug-likeness (QED) is 0.548. The van der Waals surface area contributed by atoms with Gasteiger partial charge < -0.3 is 14.8 Å². The fourth-order valence-corrected chi connectivity index (χ4v) is 3.47. The van der Waals surface area contributed by atoms with Gasteiger partial charge in [0.2, 0.25) is 5.88 Å². The molecule has 2 aliphatic carbocycles. The molecule has 0 aromatic carbocycles. The van der Waals surface area contributed by atoms with E-state index in [4.69, 9.17) is 9.47 Å². The lowest BCUT2D eigenvalue weighted by molar-refractivity contribution is -0.142. The van der Waals surface area contributed by atoms with Crippen LogP contribution in [0.5, 0.6) is 5.88 Å². The highest BCUT2D eigenvalue weighted by Gasteiger charge is 2.25. The van der Waals surface area contributed by atoms with Gasteiger partial charge in [0, 0.05) is 18.8 Å². The summed E-state index contributed by atoms with van der Waals surface area (Å²) < 4.78 is 11.0. The van der Waals surface area contributed by atoms with Crippen LogP contribution in [0.3, 0.4) is 0 Å². The molecule has 5 nitrogen and oxygen atoms in total. The van der Waals surface area contributed by atoms with E-state index >= 15 is 0 Å². The molecule has 5 heteroatoms. The van der Waals surface area contributed by atoms with E-state index in [1.54, 1.807) is 0 Å². The number of nitrogens with one attached hydrogen (secondary N) is 1. The van der Waals surface area contributed by atoms with Gasteiger partial charge in [-0.05, 0) is 69.4 Å². The Morgan fingerprint density at radius 2 is 2.00 bits per heavy atom. The van der Waals surface area contributed by atoms with Crippen LogP contribution in [0.1, 0.15) is 63.4 Å². The van der Waals surface area contributed by atoms with E-state index in [0.29, 0.717) is 25.5 Å². The van der Waals surface area contributed by atoms with Crippen molar-refractivity contribution in [1.82, 2.24) is 10.3 Å². The first-order valence-corrected chi connectivity index (χ1v) is 9.73. The second-order valence-electron chi connectivity index (χ2n) is 7.22. The standard InChI is InChI=1S/C20H30N2O3/c1-2-24-20(23)11-12-21-13-15-3-8-18(9-4-15)25-19-10-7-17(14-22-19)16-5-6-16/h7,10,14-16,18,21H,2-6,8-9,11-13H2,1H3/t15-,18-. The minimum Gasteiger partial charge on any atom is -0.474 e. The molecule has 1 aromatic heterocycles. The fraction of sp³-hybridized carbons (Fsp3) is 0.700. The summed E-state index contributed by atoms with van der Waals surface area (Å²) in [6.07, 6.45) is 9.82.